The van der Waals surface area contributed by atoms with Crippen molar-refractivity contribution >= 4 is 0 Å². The molecular weight excluding hydrogens is 248 g/mol. The number of aliphatic hydroxyl groups is 1. The number of rotatable bonds is 4. The summed E-state index contributed by atoms with van der Waals surface area (Å²) >= 11 is 0. The highest BCUT2D eigenvalue weighted by Gasteiger charge is 2.35. The summed E-state index contributed by atoms with van der Waals surface area (Å²) in [6.45, 7) is 0. The molecule has 0 saturated heterocycles. The molecule has 1 N–H and O–H groups in total. The van der Waals surface area contributed by atoms with Crippen LogP contribution in [0.1, 0.15) is 29.5 Å². The van der Waals surface area contributed by atoms with E-state index in [2.05, 4.69) is 24.3 Å². The van der Waals surface area contributed by atoms with Gasteiger partial charge in [-0.2, -0.15) is 0 Å². The van der Waals surface area contributed by atoms with Crippen LogP contribution in [0.2, 0.25) is 0 Å². The fourth-order valence-corrected chi connectivity index (χ4v) is 3.07. The zero-order valence-corrected chi connectivity index (χ0v) is 11.8. The number of ether oxygens (including phenoxy) is 1. The Kier molecular flexibility index (Phi) is 3.49. The number of methoxy groups -OCH3 is 1. The van der Waals surface area contributed by atoms with Gasteiger partial charge >= 0.3 is 0 Å². The molecule has 2 nitrogen and oxygen atoms in total. The predicted octanol–water partition coefficient (Wildman–Crippen LogP) is 3.46. The fraction of sp³-hybridized carbons (Fsp3) is 0.333. The Balaban J connectivity index is 1.72. The lowest BCUT2D eigenvalue weighted by atomic mass is 9.89. The van der Waals surface area contributed by atoms with Crippen LogP contribution in [0.25, 0.3) is 0 Å². The van der Waals surface area contributed by atoms with Crippen LogP contribution < -0.4 is 4.74 Å². The molecule has 0 aromatic heterocycles. The minimum absolute atomic E-state index is 0.656. The third-order valence-corrected chi connectivity index (χ3v) is 4.31. The Morgan fingerprint density at radius 1 is 1.10 bits per heavy atom. The van der Waals surface area contributed by atoms with Crippen molar-refractivity contribution in [2.24, 2.45) is 0 Å². The van der Waals surface area contributed by atoms with E-state index in [1.165, 1.54) is 11.1 Å². The first-order chi connectivity index (χ1) is 9.71. The summed E-state index contributed by atoms with van der Waals surface area (Å²) in [4.78, 5) is 0. The Morgan fingerprint density at radius 2 is 1.85 bits per heavy atom. The van der Waals surface area contributed by atoms with E-state index in [0.717, 1.165) is 37.0 Å². The predicted molar refractivity (Wildman–Crippen MR) is 80.0 cm³/mol. The molecule has 20 heavy (non-hydrogen) atoms. The summed E-state index contributed by atoms with van der Waals surface area (Å²) in [5.74, 6) is 0.874. The van der Waals surface area contributed by atoms with Gasteiger partial charge in [-0.1, -0.05) is 36.4 Å². The molecule has 2 aromatic rings. The largest absolute Gasteiger partial charge is 0.497 e. The van der Waals surface area contributed by atoms with Crippen molar-refractivity contribution < 1.29 is 9.84 Å². The normalized spacial score (nSPS) is 20.7. The lowest BCUT2D eigenvalue weighted by molar-refractivity contribution is 0.0297. The lowest BCUT2D eigenvalue weighted by Crippen LogP contribution is -2.23. The summed E-state index contributed by atoms with van der Waals surface area (Å²) in [7, 11) is 1.67. The van der Waals surface area contributed by atoms with Gasteiger partial charge in [0.1, 0.15) is 5.75 Å². The summed E-state index contributed by atoms with van der Waals surface area (Å²) in [5, 5.41) is 10.9. The van der Waals surface area contributed by atoms with Gasteiger partial charge in [0, 0.05) is 0 Å². The zero-order chi connectivity index (χ0) is 14.0. The quantitative estimate of drug-likeness (QED) is 0.920. The summed E-state index contributed by atoms with van der Waals surface area (Å²) in [6, 6.07) is 16.4. The summed E-state index contributed by atoms with van der Waals surface area (Å²) in [5.41, 5.74) is 3.00. The second kappa shape index (κ2) is 5.29. The number of hydrogen-bond acceptors (Lipinski definition) is 2. The van der Waals surface area contributed by atoms with Gasteiger partial charge in [0.15, 0.2) is 0 Å². The topological polar surface area (TPSA) is 29.5 Å². The Bertz CT molecular complexity index is 589. The van der Waals surface area contributed by atoms with E-state index in [1.807, 2.05) is 24.3 Å². The molecule has 1 atom stereocenters. The fourth-order valence-electron chi connectivity index (χ4n) is 3.07. The van der Waals surface area contributed by atoms with Gasteiger partial charge in [0.25, 0.3) is 0 Å². The zero-order valence-electron chi connectivity index (χ0n) is 11.8. The van der Waals surface area contributed by atoms with Crippen LogP contribution in [-0.4, -0.2) is 12.2 Å². The van der Waals surface area contributed by atoms with E-state index in [-0.39, 0.29) is 0 Å². The minimum Gasteiger partial charge on any atom is -0.497 e. The third-order valence-electron chi connectivity index (χ3n) is 4.31. The van der Waals surface area contributed by atoms with Crippen molar-refractivity contribution in [3.63, 3.8) is 0 Å². The van der Waals surface area contributed by atoms with E-state index in [0.29, 0.717) is 0 Å². The Labute approximate surface area is 120 Å². The second-order valence-electron chi connectivity index (χ2n) is 5.54. The second-order valence-corrected chi connectivity index (χ2v) is 5.54. The highest BCUT2D eigenvalue weighted by Crippen LogP contribution is 2.39. The average Bonchev–Trinajstić information content (AvgIpc) is 2.84. The summed E-state index contributed by atoms with van der Waals surface area (Å²) in [6.07, 6.45) is 3.48. The van der Waals surface area contributed by atoms with Crippen molar-refractivity contribution in [1.29, 1.82) is 0 Å². The van der Waals surface area contributed by atoms with Crippen LogP contribution in [0.3, 0.4) is 0 Å². The maximum Gasteiger partial charge on any atom is 0.118 e. The molecule has 2 aromatic carbocycles. The van der Waals surface area contributed by atoms with Gasteiger partial charge in [0.2, 0.25) is 0 Å². The monoisotopic (exact) mass is 268 g/mol. The first kappa shape index (κ1) is 13.2. The molecule has 1 aliphatic rings. The van der Waals surface area contributed by atoms with Gasteiger partial charge in [-0.15, -0.1) is 0 Å². The first-order valence-electron chi connectivity index (χ1n) is 7.15. The number of benzene rings is 2. The molecule has 0 radical (unpaired) electrons. The minimum atomic E-state index is -0.656. The van der Waals surface area contributed by atoms with Crippen molar-refractivity contribution in [1.82, 2.24) is 0 Å². The summed E-state index contributed by atoms with van der Waals surface area (Å²) < 4.78 is 5.16. The SMILES string of the molecule is COc1ccc(CCC2(O)CCc3ccccc32)cc1. The molecule has 0 bridgehead atoms. The molecule has 0 aliphatic heterocycles. The van der Waals surface area contributed by atoms with Crippen LogP contribution in [0.15, 0.2) is 48.5 Å². The molecule has 0 amide bonds. The van der Waals surface area contributed by atoms with Gasteiger partial charge in [-0.25, -0.2) is 0 Å². The first-order valence-corrected chi connectivity index (χ1v) is 7.15. The number of hydrogen-bond donors (Lipinski definition) is 1. The van der Waals surface area contributed by atoms with E-state index >= 15 is 0 Å². The maximum atomic E-state index is 10.9. The van der Waals surface area contributed by atoms with Crippen LogP contribution in [-0.2, 0) is 18.4 Å². The molecule has 104 valence electrons. The lowest BCUT2D eigenvalue weighted by Gasteiger charge is -2.24. The van der Waals surface area contributed by atoms with E-state index in [4.69, 9.17) is 4.74 Å². The molecular formula is C18H20O2. The molecule has 0 fully saturated rings. The maximum absolute atomic E-state index is 10.9. The van der Waals surface area contributed by atoms with E-state index in [9.17, 15) is 5.11 Å². The molecule has 1 unspecified atom stereocenters. The Hall–Kier alpha value is -1.80. The van der Waals surface area contributed by atoms with Crippen LogP contribution in [0.5, 0.6) is 5.75 Å². The molecule has 0 saturated carbocycles. The molecule has 3 rings (SSSR count). The van der Waals surface area contributed by atoms with E-state index < -0.39 is 5.60 Å². The smallest absolute Gasteiger partial charge is 0.118 e. The van der Waals surface area contributed by atoms with Crippen LogP contribution in [0.4, 0.5) is 0 Å². The highest BCUT2D eigenvalue weighted by atomic mass is 16.5. The van der Waals surface area contributed by atoms with Crippen molar-refractivity contribution in [2.45, 2.75) is 31.3 Å². The van der Waals surface area contributed by atoms with Crippen LogP contribution in [0, 0.1) is 0 Å². The van der Waals surface area contributed by atoms with Gasteiger partial charge in [-0.3, -0.25) is 0 Å². The molecule has 2 heteroatoms. The number of aryl methyl sites for hydroxylation is 2. The van der Waals surface area contributed by atoms with Crippen LogP contribution >= 0.6 is 0 Å². The van der Waals surface area contributed by atoms with Crippen molar-refractivity contribution in [3.8, 4) is 5.75 Å². The van der Waals surface area contributed by atoms with Gasteiger partial charge in [0.05, 0.1) is 12.7 Å². The van der Waals surface area contributed by atoms with Gasteiger partial charge < -0.3 is 9.84 Å². The molecule has 1 aliphatic carbocycles. The third kappa shape index (κ3) is 2.44. The van der Waals surface area contributed by atoms with E-state index in [1.54, 1.807) is 7.11 Å². The Morgan fingerprint density at radius 3 is 2.60 bits per heavy atom. The molecule has 0 spiro atoms. The standard InChI is InChI=1S/C18H20O2/c1-20-16-8-6-14(7-9-16)10-12-18(19)13-11-15-4-2-3-5-17(15)18/h2-9,19H,10-13H2,1H3. The highest BCUT2D eigenvalue weighted by molar-refractivity contribution is 5.37. The van der Waals surface area contributed by atoms with Crippen molar-refractivity contribution in [3.05, 3.63) is 65.2 Å². The van der Waals surface area contributed by atoms with Gasteiger partial charge in [-0.05, 0) is 54.5 Å². The average molecular weight is 268 g/mol. The van der Waals surface area contributed by atoms with Crippen molar-refractivity contribution in [2.75, 3.05) is 7.11 Å². The molecule has 0 heterocycles. The number of fused-ring (bicyclic) bond motifs is 1.